The molecule has 90 valence electrons. The minimum atomic E-state index is -0.603. The molecule has 1 aromatic carbocycles. The second kappa shape index (κ2) is 5.38. The first kappa shape index (κ1) is 12.2. The lowest BCUT2D eigenvalue weighted by Gasteiger charge is -2.13. The first-order valence-electron chi connectivity index (χ1n) is 5.60. The van der Waals surface area contributed by atoms with Gasteiger partial charge in [0.1, 0.15) is 6.10 Å². The smallest absolute Gasteiger partial charge is 0.121 e. The maximum Gasteiger partial charge on any atom is 0.121 e. The van der Waals surface area contributed by atoms with Crippen LogP contribution in [0, 0.1) is 0 Å². The van der Waals surface area contributed by atoms with Crippen LogP contribution in [0.4, 0.5) is 0 Å². The number of aromatic nitrogens is 2. The Morgan fingerprint density at radius 1 is 1.29 bits per heavy atom. The molecule has 0 amide bonds. The number of hydrogen-bond donors (Lipinski definition) is 1. The molecule has 0 aliphatic heterocycles. The molecule has 1 heterocycles. The Labute approximate surface area is 105 Å². The van der Waals surface area contributed by atoms with Gasteiger partial charge in [0.05, 0.1) is 5.69 Å². The third kappa shape index (κ3) is 2.53. The Balaban J connectivity index is 2.27. The zero-order valence-corrected chi connectivity index (χ0v) is 10.8. The molecule has 0 saturated heterocycles. The van der Waals surface area contributed by atoms with Crippen LogP contribution in [0.5, 0.6) is 0 Å². The number of benzene rings is 1. The van der Waals surface area contributed by atoms with Crippen molar-refractivity contribution in [2.45, 2.75) is 24.5 Å². The summed E-state index contributed by atoms with van der Waals surface area (Å²) in [4.78, 5) is 1.20. The van der Waals surface area contributed by atoms with Gasteiger partial charge in [-0.25, -0.2) is 0 Å². The third-order valence-corrected chi connectivity index (χ3v) is 3.50. The predicted octanol–water partition coefficient (Wildman–Crippen LogP) is 2.71. The summed E-state index contributed by atoms with van der Waals surface area (Å²) >= 11 is 1.70. The number of rotatable bonds is 4. The standard InChI is InChI=1S/C13H16N2OS/c1-3-15-12(8-9-14-15)13(16)10-4-6-11(17-2)7-5-10/h4-9,13,16H,3H2,1-2H3. The first-order chi connectivity index (χ1) is 8.26. The molecule has 1 aromatic heterocycles. The molecule has 0 bridgehead atoms. The van der Waals surface area contributed by atoms with E-state index in [1.165, 1.54) is 4.90 Å². The van der Waals surface area contributed by atoms with Crippen LogP contribution in [0.25, 0.3) is 0 Å². The van der Waals surface area contributed by atoms with Gasteiger partial charge in [-0.3, -0.25) is 4.68 Å². The van der Waals surface area contributed by atoms with Crippen molar-refractivity contribution in [3.63, 3.8) is 0 Å². The molecule has 0 aliphatic carbocycles. The molecule has 4 heteroatoms. The number of aliphatic hydroxyl groups is 1. The summed E-state index contributed by atoms with van der Waals surface area (Å²) in [6.07, 6.45) is 3.16. The van der Waals surface area contributed by atoms with Gasteiger partial charge in [-0.1, -0.05) is 12.1 Å². The quantitative estimate of drug-likeness (QED) is 0.845. The van der Waals surface area contributed by atoms with E-state index < -0.39 is 6.10 Å². The van der Waals surface area contributed by atoms with Gasteiger partial charge < -0.3 is 5.11 Å². The molecule has 0 aliphatic rings. The van der Waals surface area contributed by atoms with Crippen LogP contribution in [-0.4, -0.2) is 21.1 Å². The van der Waals surface area contributed by atoms with Gasteiger partial charge in [0.15, 0.2) is 0 Å². The second-order valence-corrected chi connectivity index (χ2v) is 4.63. The maximum absolute atomic E-state index is 10.3. The van der Waals surface area contributed by atoms with E-state index in [2.05, 4.69) is 5.10 Å². The van der Waals surface area contributed by atoms with Crippen LogP contribution in [-0.2, 0) is 6.54 Å². The summed E-state index contributed by atoms with van der Waals surface area (Å²) in [5, 5.41) is 14.5. The fraction of sp³-hybridized carbons (Fsp3) is 0.308. The van der Waals surface area contributed by atoms with Crippen molar-refractivity contribution in [3.8, 4) is 0 Å². The van der Waals surface area contributed by atoms with Crippen molar-refractivity contribution < 1.29 is 5.11 Å². The van der Waals surface area contributed by atoms with Gasteiger partial charge in [0, 0.05) is 17.6 Å². The third-order valence-electron chi connectivity index (χ3n) is 2.76. The largest absolute Gasteiger partial charge is 0.382 e. The van der Waals surface area contributed by atoms with E-state index in [4.69, 9.17) is 0 Å². The van der Waals surface area contributed by atoms with Gasteiger partial charge in [-0.05, 0) is 36.9 Å². The highest BCUT2D eigenvalue weighted by Crippen LogP contribution is 2.24. The summed E-state index contributed by atoms with van der Waals surface area (Å²) in [5.74, 6) is 0. The van der Waals surface area contributed by atoms with E-state index in [0.29, 0.717) is 0 Å². The molecule has 17 heavy (non-hydrogen) atoms. The predicted molar refractivity (Wildman–Crippen MR) is 70.2 cm³/mol. The molecular weight excluding hydrogens is 232 g/mol. The second-order valence-electron chi connectivity index (χ2n) is 3.75. The average Bonchev–Trinajstić information content (AvgIpc) is 2.86. The van der Waals surface area contributed by atoms with E-state index in [0.717, 1.165) is 17.8 Å². The number of hydrogen-bond acceptors (Lipinski definition) is 3. The van der Waals surface area contributed by atoms with Gasteiger partial charge >= 0.3 is 0 Å². The van der Waals surface area contributed by atoms with E-state index in [9.17, 15) is 5.11 Å². The van der Waals surface area contributed by atoms with E-state index in [-0.39, 0.29) is 0 Å². The highest BCUT2D eigenvalue weighted by Gasteiger charge is 2.14. The van der Waals surface area contributed by atoms with Crippen LogP contribution < -0.4 is 0 Å². The van der Waals surface area contributed by atoms with Crippen molar-refractivity contribution in [2.75, 3.05) is 6.26 Å². The SMILES string of the molecule is CCn1nccc1C(O)c1ccc(SC)cc1. The zero-order chi connectivity index (χ0) is 12.3. The summed E-state index contributed by atoms with van der Waals surface area (Å²) in [5.41, 5.74) is 1.74. The molecule has 1 atom stereocenters. The molecule has 2 rings (SSSR count). The van der Waals surface area contributed by atoms with Crippen LogP contribution in [0.15, 0.2) is 41.4 Å². The van der Waals surface area contributed by atoms with Crippen molar-refractivity contribution in [2.24, 2.45) is 0 Å². The highest BCUT2D eigenvalue weighted by molar-refractivity contribution is 7.98. The van der Waals surface area contributed by atoms with E-state index in [1.54, 1.807) is 18.0 Å². The number of thioether (sulfide) groups is 1. The van der Waals surface area contributed by atoms with Crippen molar-refractivity contribution in [1.82, 2.24) is 9.78 Å². The van der Waals surface area contributed by atoms with Crippen LogP contribution in [0.3, 0.4) is 0 Å². The van der Waals surface area contributed by atoms with Gasteiger partial charge in [0.2, 0.25) is 0 Å². The van der Waals surface area contributed by atoms with Crippen LogP contribution >= 0.6 is 11.8 Å². The Hall–Kier alpha value is -1.26. The van der Waals surface area contributed by atoms with E-state index >= 15 is 0 Å². The van der Waals surface area contributed by atoms with Crippen molar-refractivity contribution in [3.05, 3.63) is 47.8 Å². The molecule has 0 radical (unpaired) electrons. The van der Waals surface area contributed by atoms with Crippen molar-refractivity contribution in [1.29, 1.82) is 0 Å². The molecule has 2 aromatic rings. The Bertz CT molecular complexity index is 478. The summed E-state index contributed by atoms with van der Waals surface area (Å²) in [6, 6.07) is 9.83. The lowest BCUT2D eigenvalue weighted by Crippen LogP contribution is -2.08. The Kier molecular flexibility index (Phi) is 3.86. The van der Waals surface area contributed by atoms with Gasteiger partial charge in [0.25, 0.3) is 0 Å². The Morgan fingerprint density at radius 3 is 2.59 bits per heavy atom. The van der Waals surface area contributed by atoms with Crippen LogP contribution in [0.2, 0.25) is 0 Å². The summed E-state index contributed by atoms with van der Waals surface area (Å²) in [6.45, 7) is 2.78. The fourth-order valence-electron chi connectivity index (χ4n) is 1.80. The molecular formula is C13H16N2OS. The summed E-state index contributed by atoms with van der Waals surface area (Å²) < 4.78 is 1.81. The first-order valence-corrected chi connectivity index (χ1v) is 6.82. The maximum atomic E-state index is 10.3. The number of aliphatic hydroxyl groups excluding tert-OH is 1. The summed E-state index contributed by atoms with van der Waals surface area (Å²) in [7, 11) is 0. The monoisotopic (exact) mass is 248 g/mol. The van der Waals surface area contributed by atoms with Gasteiger partial charge in [-0.15, -0.1) is 11.8 Å². The van der Waals surface area contributed by atoms with E-state index in [1.807, 2.05) is 48.2 Å². The highest BCUT2D eigenvalue weighted by atomic mass is 32.2. The van der Waals surface area contributed by atoms with Crippen LogP contribution in [0.1, 0.15) is 24.3 Å². The van der Waals surface area contributed by atoms with Crippen molar-refractivity contribution >= 4 is 11.8 Å². The normalized spacial score (nSPS) is 12.6. The number of nitrogens with zero attached hydrogens (tertiary/aromatic N) is 2. The molecule has 0 spiro atoms. The topological polar surface area (TPSA) is 38.0 Å². The van der Waals surface area contributed by atoms with Gasteiger partial charge in [-0.2, -0.15) is 5.10 Å². The lowest BCUT2D eigenvalue weighted by atomic mass is 10.1. The molecule has 1 unspecified atom stereocenters. The molecule has 0 saturated carbocycles. The minimum absolute atomic E-state index is 0.603. The lowest BCUT2D eigenvalue weighted by molar-refractivity contribution is 0.208. The molecule has 1 N–H and O–H groups in total. The minimum Gasteiger partial charge on any atom is -0.382 e. The zero-order valence-electron chi connectivity index (χ0n) is 10.00. The Morgan fingerprint density at radius 2 is 2.00 bits per heavy atom. The average molecular weight is 248 g/mol. The molecule has 0 fully saturated rings. The molecule has 3 nitrogen and oxygen atoms in total. The fourth-order valence-corrected chi connectivity index (χ4v) is 2.20. The number of aryl methyl sites for hydroxylation is 1.